The van der Waals surface area contributed by atoms with E-state index in [4.69, 9.17) is 9.47 Å². The summed E-state index contributed by atoms with van der Waals surface area (Å²) in [5.41, 5.74) is 1.36. The summed E-state index contributed by atoms with van der Waals surface area (Å²) in [6.07, 6.45) is 5.35. The van der Waals surface area contributed by atoms with Gasteiger partial charge in [-0.05, 0) is 43.4 Å². The van der Waals surface area contributed by atoms with Crippen molar-refractivity contribution in [2.24, 2.45) is 17.8 Å². The number of amides is 3. The summed E-state index contributed by atoms with van der Waals surface area (Å²) < 4.78 is 10.8. The molecule has 2 heterocycles. The number of aromatic nitrogens is 1. The second-order valence-corrected chi connectivity index (χ2v) is 9.80. The number of hydrogen-bond acceptors (Lipinski definition) is 7. The number of hydrogen-bond donors (Lipinski definition) is 1. The van der Waals surface area contributed by atoms with Gasteiger partial charge >= 0.3 is 0 Å². The molecule has 1 aliphatic heterocycles. The Hall–Kier alpha value is -3.20. The van der Waals surface area contributed by atoms with E-state index >= 15 is 0 Å². The van der Waals surface area contributed by atoms with Gasteiger partial charge in [0, 0.05) is 10.9 Å². The number of methoxy groups -OCH3 is 2. The van der Waals surface area contributed by atoms with Crippen LogP contribution in [0.15, 0.2) is 35.7 Å². The topological polar surface area (TPSA) is 97.8 Å². The summed E-state index contributed by atoms with van der Waals surface area (Å²) in [6.45, 7) is 3.94. The van der Waals surface area contributed by atoms with Gasteiger partial charge in [-0.3, -0.25) is 19.3 Å². The summed E-state index contributed by atoms with van der Waals surface area (Å²) >= 11 is 1.27. The molecule has 180 valence electrons. The molecule has 0 spiro atoms. The van der Waals surface area contributed by atoms with Gasteiger partial charge in [0.25, 0.3) is 0 Å². The van der Waals surface area contributed by atoms with E-state index < -0.39 is 11.9 Å². The first-order valence-corrected chi connectivity index (χ1v) is 12.2. The first-order chi connectivity index (χ1) is 16.3. The van der Waals surface area contributed by atoms with E-state index in [0.29, 0.717) is 41.6 Å². The fraction of sp³-hybridized carbons (Fsp3) is 0.440. The smallest absolute Gasteiger partial charge is 0.249 e. The first kappa shape index (κ1) is 23.9. The second kappa shape index (κ2) is 9.97. The van der Waals surface area contributed by atoms with Crippen molar-refractivity contribution in [2.75, 3.05) is 19.5 Å². The highest BCUT2D eigenvalue weighted by Gasteiger charge is 2.51. The lowest BCUT2D eigenvalue weighted by Gasteiger charge is -2.27. The van der Waals surface area contributed by atoms with Crippen molar-refractivity contribution in [3.8, 4) is 22.8 Å². The lowest BCUT2D eigenvalue weighted by Crippen LogP contribution is -2.48. The van der Waals surface area contributed by atoms with E-state index in [1.807, 2.05) is 37.4 Å². The maximum atomic E-state index is 13.4. The Balaban J connectivity index is 1.57. The van der Waals surface area contributed by atoms with Crippen molar-refractivity contribution in [1.29, 1.82) is 0 Å². The molecule has 1 N–H and O–H groups in total. The standard InChI is InChI=1S/C25H29N3O5S/c1-14(2)11-20(28-23(30)16-7-5-6-8-17(16)24(28)31)22(29)27-25-26-19(13-34-25)18-12-15(32-3)9-10-21(18)33-4/h5-6,9-10,12-14,16-17,20H,7-8,11H2,1-4H3,(H,26,27,29). The van der Waals surface area contributed by atoms with Gasteiger partial charge in [-0.15, -0.1) is 11.3 Å². The van der Waals surface area contributed by atoms with Gasteiger partial charge in [0.1, 0.15) is 17.5 Å². The van der Waals surface area contributed by atoms with Gasteiger partial charge in [0.05, 0.1) is 31.7 Å². The van der Waals surface area contributed by atoms with Gasteiger partial charge in [-0.1, -0.05) is 26.0 Å². The van der Waals surface area contributed by atoms with Crippen LogP contribution in [0.3, 0.4) is 0 Å². The van der Waals surface area contributed by atoms with Gasteiger partial charge in [-0.25, -0.2) is 4.98 Å². The van der Waals surface area contributed by atoms with E-state index in [1.165, 1.54) is 16.2 Å². The number of likely N-dealkylation sites (tertiary alicyclic amines) is 1. The van der Waals surface area contributed by atoms with Crippen molar-refractivity contribution >= 4 is 34.2 Å². The van der Waals surface area contributed by atoms with Crippen LogP contribution in [0.4, 0.5) is 5.13 Å². The number of allylic oxidation sites excluding steroid dienone is 2. The van der Waals surface area contributed by atoms with Crippen LogP contribution in [0, 0.1) is 17.8 Å². The Bertz CT molecular complexity index is 1100. The summed E-state index contributed by atoms with van der Waals surface area (Å²) in [4.78, 5) is 45.3. The normalized spacial score (nSPS) is 20.4. The van der Waals surface area contributed by atoms with Gasteiger partial charge in [0.15, 0.2) is 5.13 Å². The van der Waals surface area contributed by atoms with Crippen molar-refractivity contribution < 1.29 is 23.9 Å². The zero-order chi connectivity index (χ0) is 24.4. The van der Waals surface area contributed by atoms with Crippen LogP contribution in [0.5, 0.6) is 11.5 Å². The minimum absolute atomic E-state index is 0.116. The van der Waals surface area contributed by atoms with Crippen LogP contribution in [-0.4, -0.2) is 47.9 Å². The predicted octanol–water partition coefficient (Wildman–Crippen LogP) is 4.13. The summed E-state index contributed by atoms with van der Waals surface area (Å²) in [7, 11) is 3.16. The molecular formula is C25H29N3O5S. The van der Waals surface area contributed by atoms with E-state index in [0.717, 1.165) is 5.56 Å². The molecule has 3 amide bonds. The number of benzene rings is 1. The van der Waals surface area contributed by atoms with Crippen molar-refractivity contribution in [2.45, 2.75) is 39.2 Å². The minimum Gasteiger partial charge on any atom is -0.497 e. The number of rotatable bonds is 8. The number of nitrogens with zero attached hydrogens (tertiary/aromatic N) is 2. The van der Waals surface area contributed by atoms with Crippen molar-refractivity contribution in [3.63, 3.8) is 0 Å². The van der Waals surface area contributed by atoms with Crippen LogP contribution < -0.4 is 14.8 Å². The Morgan fingerprint density at radius 2 is 1.82 bits per heavy atom. The van der Waals surface area contributed by atoms with Crippen LogP contribution in [0.2, 0.25) is 0 Å². The molecule has 2 aliphatic rings. The molecule has 0 saturated carbocycles. The molecule has 34 heavy (non-hydrogen) atoms. The zero-order valence-electron chi connectivity index (χ0n) is 19.7. The maximum absolute atomic E-state index is 13.4. The number of carbonyl (C=O) groups is 3. The van der Waals surface area contributed by atoms with E-state index in [1.54, 1.807) is 26.4 Å². The molecule has 9 heteroatoms. The number of carbonyl (C=O) groups excluding carboxylic acids is 3. The number of imide groups is 1. The molecule has 0 bridgehead atoms. The molecule has 1 aromatic heterocycles. The predicted molar refractivity (Wildman–Crippen MR) is 130 cm³/mol. The van der Waals surface area contributed by atoms with Crippen molar-refractivity contribution in [3.05, 3.63) is 35.7 Å². The quantitative estimate of drug-likeness (QED) is 0.448. The Morgan fingerprint density at radius 3 is 2.41 bits per heavy atom. The van der Waals surface area contributed by atoms with E-state index in [9.17, 15) is 14.4 Å². The zero-order valence-corrected chi connectivity index (χ0v) is 20.6. The number of anilines is 1. The number of thiazole rings is 1. The third-order valence-electron chi connectivity index (χ3n) is 6.27. The highest BCUT2D eigenvalue weighted by molar-refractivity contribution is 7.14. The summed E-state index contributed by atoms with van der Waals surface area (Å²) in [5.74, 6) is -0.230. The monoisotopic (exact) mass is 483 g/mol. The Labute approximate surface area is 203 Å². The van der Waals surface area contributed by atoms with E-state index in [-0.39, 0.29) is 29.6 Å². The largest absolute Gasteiger partial charge is 0.497 e. The number of fused-ring (bicyclic) bond motifs is 1. The van der Waals surface area contributed by atoms with Gasteiger partial charge in [0.2, 0.25) is 17.7 Å². The second-order valence-electron chi connectivity index (χ2n) is 8.94. The fourth-order valence-electron chi connectivity index (χ4n) is 4.57. The average molecular weight is 484 g/mol. The molecule has 2 aromatic rings. The van der Waals surface area contributed by atoms with Gasteiger partial charge in [-0.2, -0.15) is 0 Å². The summed E-state index contributed by atoms with van der Waals surface area (Å²) in [6, 6.07) is 4.54. The molecule has 1 aromatic carbocycles. The minimum atomic E-state index is -0.871. The molecule has 1 aliphatic carbocycles. The molecule has 1 fully saturated rings. The first-order valence-electron chi connectivity index (χ1n) is 11.3. The highest BCUT2D eigenvalue weighted by Crippen LogP contribution is 2.38. The lowest BCUT2D eigenvalue weighted by atomic mass is 9.85. The number of nitrogens with one attached hydrogen (secondary N) is 1. The molecule has 4 rings (SSSR count). The average Bonchev–Trinajstić information content (AvgIpc) is 3.39. The molecule has 0 radical (unpaired) electrons. The molecule has 8 nitrogen and oxygen atoms in total. The third-order valence-corrected chi connectivity index (χ3v) is 7.03. The maximum Gasteiger partial charge on any atom is 0.249 e. The van der Waals surface area contributed by atoms with Crippen LogP contribution in [0.1, 0.15) is 33.1 Å². The Morgan fingerprint density at radius 1 is 1.15 bits per heavy atom. The van der Waals surface area contributed by atoms with Crippen LogP contribution in [-0.2, 0) is 14.4 Å². The third kappa shape index (κ3) is 4.57. The SMILES string of the molecule is COc1ccc(OC)c(-c2csc(NC(=O)C(CC(C)C)N3C(=O)C4CC=CCC4C3=O)n2)c1. The molecule has 3 unspecified atom stereocenters. The van der Waals surface area contributed by atoms with Crippen LogP contribution in [0.25, 0.3) is 11.3 Å². The fourth-order valence-corrected chi connectivity index (χ4v) is 5.28. The molecular weight excluding hydrogens is 454 g/mol. The van der Waals surface area contributed by atoms with E-state index in [2.05, 4.69) is 10.3 Å². The molecule has 1 saturated heterocycles. The lowest BCUT2D eigenvalue weighted by molar-refractivity contribution is -0.147. The molecule has 3 atom stereocenters. The van der Waals surface area contributed by atoms with Gasteiger partial charge < -0.3 is 14.8 Å². The highest BCUT2D eigenvalue weighted by atomic mass is 32.1. The summed E-state index contributed by atoms with van der Waals surface area (Å²) in [5, 5.41) is 5.04. The van der Waals surface area contributed by atoms with Crippen LogP contribution >= 0.6 is 11.3 Å². The van der Waals surface area contributed by atoms with Crippen molar-refractivity contribution in [1.82, 2.24) is 9.88 Å². The number of ether oxygens (including phenoxy) is 2. The Kier molecular flexibility index (Phi) is 7.02.